The van der Waals surface area contributed by atoms with E-state index >= 15 is 0 Å². The second kappa shape index (κ2) is 7.23. The van der Waals surface area contributed by atoms with Crippen LogP contribution in [0.5, 0.6) is 5.75 Å². The summed E-state index contributed by atoms with van der Waals surface area (Å²) >= 11 is 0. The fraction of sp³-hybridized carbons (Fsp3) is 0.111. The Labute approximate surface area is 162 Å². The first-order chi connectivity index (χ1) is 13.1. The molecule has 0 aliphatic rings. The number of fused-ring (bicyclic) bond motifs is 1. The normalized spacial score (nSPS) is 12.0. The molecule has 10 heteroatoms. The highest BCUT2D eigenvalue weighted by Gasteiger charge is 2.18. The lowest BCUT2D eigenvalue weighted by Gasteiger charge is -2.08. The van der Waals surface area contributed by atoms with Gasteiger partial charge < -0.3 is 5.11 Å². The largest absolute Gasteiger partial charge is 0.504 e. The van der Waals surface area contributed by atoms with Crippen LogP contribution < -0.4 is 0 Å². The van der Waals surface area contributed by atoms with Crippen molar-refractivity contribution in [3.05, 3.63) is 53.6 Å². The second-order valence-electron chi connectivity index (χ2n) is 6.13. The molecule has 2 N–H and O–H groups in total. The molecule has 0 bridgehead atoms. The van der Waals surface area contributed by atoms with Gasteiger partial charge in [-0.1, -0.05) is 12.1 Å². The summed E-state index contributed by atoms with van der Waals surface area (Å²) in [5.41, 5.74) is 2.42. The maximum atomic E-state index is 11.5. The van der Waals surface area contributed by atoms with Gasteiger partial charge in [0.25, 0.3) is 10.1 Å². The van der Waals surface area contributed by atoms with Gasteiger partial charge in [0.2, 0.25) is 10.7 Å². The van der Waals surface area contributed by atoms with Gasteiger partial charge in [-0.2, -0.15) is 21.9 Å². The molecular formula is C18H15N2O6S2. The van der Waals surface area contributed by atoms with Gasteiger partial charge in [0, 0.05) is 5.39 Å². The first-order valence-electron chi connectivity index (χ1n) is 7.93. The van der Waals surface area contributed by atoms with E-state index in [0.29, 0.717) is 5.69 Å². The second-order valence-corrected chi connectivity index (χ2v) is 8.46. The van der Waals surface area contributed by atoms with E-state index in [1.807, 2.05) is 19.9 Å². The number of hydrogen-bond acceptors (Lipinski definition) is 7. The number of aryl methyl sites for hydroxylation is 2. The van der Waals surface area contributed by atoms with Gasteiger partial charge in [-0.25, -0.2) is 0 Å². The molecule has 3 rings (SSSR count). The van der Waals surface area contributed by atoms with Crippen LogP contribution in [0.1, 0.15) is 11.1 Å². The van der Waals surface area contributed by atoms with E-state index in [9.17, 15) is 26.5 Å². The first-order valence-corrected chi connectivity index (χ1v) is 10.4. The average molecular weight is 419 g/mol. The van der Waals surface area contributed by atoms with Gasteiger partial charge >= 0.3 is 0 Å². The number of aromatic hydroxyl groups is 1. The molecule has 0 spiro atoms. The highest BCUT2D eigenvalue weighted by Crippen LogP contribution is 2.40. The minimum Gasteiger partial charge on any atom is -0.504 e. The summed E-state index contributed by atoms with van der Waals surface area (Å²) in [5, 5.41) is 18.8. The van der Waals surface area contributed by atoms with Crippen LogP contribution in [0.15, 0.2) is 62.5 Å². The summed E-state index contributed by atoms with van der Waals surface area (Å²) < 4.78 is 54.8. The van der Waals surface area contributed by atoms with Crippen LogP contribution in [0.4, 0.5) is 11.4 Å². The van der Waals surface area contributed by atoms with Gasteiger partial charge in [-0.05, 0) is 60.7 Å². The maximum absolute atomic E-state index is 11.5. The highest BCUT2D eigenvalue weighted by molar-refractivity contribution is 7.85. The summed E-state index contributed by atoms with van der Waals surface area (Å²) in [6.45, 7) is 3.84. The van der Waals surface area contributed by atoms with E-state index < -0.39 is 36.4 Å². The van der Waals surface area contributed by atoms with E-state index in [1.165, 1.54) is 6.07 Å². The van der Waals surface area contributed by atoms with Crippen molar-refractivity contribution in [2.45, 2.75) is 23.6 Å². The average Bonchev–Trinajstić information content (AvgIpc) is 2.62. The third-order valence-corrected chi connectivity index (χ3v) is 5.78. The van der Waals surface area contributed by atoms with E-state index in [1.54, 1.807) is 12.1 Å². The van der Waals surface area contributed by atoms with Crippen LogP contribution >= 0.6 is 0 Å². The van der Waals surface area contributed by atoms with Crippen molar-refractivity contribution in [3.63, 3.8) is 0 Å². The molecule has 0 atom stereocenters. The molecule has 0 saturated carbocycles. The van der Waals surface area contributed by atoms with Gasteiger partial charge in [-0.3, -0.25) is 4.55 Å². The molecule has 0 unspecified atom stereocenters. The Hall–Kier alpha value is -2.95. The summed E-state index contributed by atoms with van der Waals surface area (Å²) in [5.74, 6) is -0.604. The molecule has 0 aliphatic carbocycles. The van der Waals surface area contributed by atoms with Gasteiger partial charge in [0.15, 0.2) is 5.75 Å². The Kier molecular flexibility index (Phi) is 5.11. The summed E-state index contributed by atoms with van der Waals surface area (Å²) in [4.78, 5) is -0.876. The summed E-state index contributed by atoms with van der Waals surface area (Å²) in [6, 6.07) is 9.97. The monoisotopic (exact) mass is 419 g/mol. The molecule has 0 amide bonds. The van der Waals surface area contributed by atoms with Crippen molar-refractivity contribution in [1.29, 1.82) is 0 Å². The zero-order valence-corrected chi connectivity index (χ0v) is 16.4. The Morgan fingerprint density at radius 1 is 0.929 bits per heavy atom. The lowest BCUT2D eigenvalue weighted by atomic mass is 10.1. The SMILES string of the molecule is Cc1ccc(N=Nc2c(O)c([S](=O)=O)cc3cc(S(=O)(=O)O)ccc23)cc1C. The molecule has 3 aromatic rings. The van der Waals surface area contributed by atoms with Gasteiger partial charge in [0.05, 0.1) is 10.6 Å². The number of benzene rings is 3. The van der Waals surface area contributed by atoms with E-state index in [0.717, 1.165) is 29.3 Å². The number of nitrogens with zero attached hydrogens (tertiary/aromatic N) is 2. The molecule has 0 aliphatic heterocycles. The number of azo groups is 1. The number of phenols is 1. The van der Waals surface area contributed by atoms with E-state index in [-0.39, 0.29) is 16.5 Å². The Balaban J connectivity index is 2.25. The predicted octanol–water partition coefficient (Wildman–Crippen LogP) is 4.06. The standard InChI is InChI=1S/C18H15N2O6S2/c1-10-3-4-13(7-11(10)2)19-20-17-15-6-5-14(28(24,25)26)8-12(15)9-16(18(17)21)27(22)23/h3-9,21H,1-2H3,(H,24,25,26). The third-order valence-electron chi connectivity index (χ3n) is 4.26. The minimum absolute atomic E-state index is 0.128. The third kappa shape index (κ3) is 3.84. The van der Waals surface area contributed by atoms with Crippen LogP contribution in [0.2, 0.25) is 0 Å². The molecular weight excluding hydrogens is 404 g/mol. The van der Waals surface area contributed by atoms with Crippen molar-refractivity contribution in [2.24, 2.45) is 10.2 Å². The van der Waals surface area contributed by atoms with Crippen molar-refractivity contribution in [3.8, 4) is 5.75 Å². The van der Waals surface area contributed by atoms with Crippen molar-refractivity contribution in [1.82, 2.24) is 0 Å². The predicted molar refractivity (Wildman–Crippen MR) is 103 cm³/mol. The van der Waals surface area contributed by atoms with Crippen LogP contribution in [0, 0.1) is 13.8 Å². The lowest BCUT2D eigenvalue weighted by molar-refractivity contribution is 0.462. The van der Waals surface area contributed by atoms with Gasteiger partial charge in [-0.15, -0.1) is 5.11 Å². The topological polar surface area (TPSA) is 133 Å². The fourth-order valence-corrected chi connectivity index (χ4v) is 3.61. The van der Waals surface area contributed by atoms with Gasteiger partial charge in [0.1, 0.15) is 10.6 Å². The zero-order valence-electron chi connectivity index (χ0n) is 14.8. The highest BCUT2D eigenvalue weighted by atomic mass is 32.2. The molecule has 28 heavy (non-hydrogen) atoms. The Morgan fingerprint density at radius 2 is 1.64 bits per heavy atom. The lowest BCUT2D eigenvalue weighted by Crippen LogP contribution is -1.97. The Morgan fingerprint density at radius 3 is 2.25 bits per heavy atom. The number of phenolic OH excluding ortho intramolecular Hbond substituents is 1. The fourth-order valence-electron chi connectivity index (χ4n) is 2.61. The van der Waals surface area contributed by atoms with Crippen LogP contribution in [-0.4, -0.2) is 26.5 Å². The molecule has 0 fully saturated rings. The molecule has 8 nitrogen and oxygen atoms in total. The molecule has 1 radical (unpaired) electrons. The van der Waals surface area contributed by atoms with Crippen molar-refractivity contribution >= 4 is 43.0 Å². The van der Waals surface area contributed by atoms with Crippen molar-refractivity contribution in [2.75, 3.05) is 0 Å². The Bertz CT molecular complexity index is 1300. The number of hydrogen-bond donors (Lipinski definition) is 2. The van der Waals surface area contributed by atoms with Crippen molar-refractivity contribution < 1.29 is 26.5 Å². The maximum Gasteiger partial charge on any atom is 0.294 e. The van der Waals surface area contributed by atoms with Crippen LogP contribution in [-0.2, 0) is 20.8 Å². The van der Waals surface area contributed by atoms with Crippen LogP contribution in [0.25, 0.3) is 10.8 Å². The zero-order chi connectivity index (χ0) is 20.6. The summed E-state index contributed by atoms with van der Waals surface area (Å²) in [6.07, 6.45) is 0. The molecule has 0 heterocycles. The number of rotatable bonds is 4. The summed E-state index contributed by atoms with van der Waals surface area (Å²) in [7, 11) is -7.29. The first kappa shape index (κ1) is 19.8. The molecule has 3 aromatic carbocycles. The molecule has 145 valence electrons. The molecule has 0 saturated heterocycles. The van der Waals surface area contributed by atoms with E-state index in [2.05, 4.69) is 10.2 Å². The quantitative estimate of drug-likeness (QED) is 0.484. The van der Waals surface area contributed by atoms with Crippen LogP contribution in [0.3, 0.4) is 0 Å². The minimum atomic E-state index is -4.49. The van der Waals surface area contributed by atoms with E-state index in [4.69, 9.17) is 0 Å². The smallest absolute Gasteiger partial charge is 0.294 e. The molecule has 0 aromatic heterocycles.